The Morgan fingerprint density at radius 1 is 1.00 bits per heavy atom. The zero-order valence-electron chi connectivity index (χ0n) is 21.2. The maximum absolute atomic E-state index is 12.9. The minimum Gasteiger partial charge on any atom is -0.507 e. The Hall–Kier alpha value is -3.83. The van der Waals surface area contributed by atoms with Crippen LogP contribution in [0.5, 0.6) is 5.75 Å². The van der Waals surface area contributed by atoms with Crippen LogP contribution < -0.4 is 11.0 Å². The first-order valence-corrected chi connectivity index (χ1v) is 13.5. The number of imidazole rings is 1. The maximum Gasteiger partial charge on any atom is 0.328 e. The van der Waals surface area contributed by atoms with E-state index in [1.54, 1.807) is 53.6 Å². The van der Waals surface area contributed by atoms with Crippen LogP contribution in [0.25, 0.3) is 28.1 Å². The van der Waals surface area contributed by atoms with Gasteiger partial charge >= 0.3 is 5.69 Å². The van der Waals surface area contributed by atoms with Crippen LogP contribution in [0.15, 0.2) is 69.0 Å². The molecule has 0 saturated heterocycles. The molecule has 0 fully saturated rings. The number of aromatic hydroxyl groups is 1. The minimum atomic E-state index is -0.225. The molecule has 5 aromatic rings. The van der Waals surface area contributed by atoms with Gasteiger partial charge in [0.25, 0.3) is 0 Å². The lowest BCUT2D eigenvalue weighted by Crippen LogP contribution is -2.19. The van der Waals surface area contributed by atoms with E-state index >= 15 is 0 Å². The third kappa shape index (κ3) is 4.74. The Morgan fingerprint density at radius 2 is 1.76 bits per heavy atom. The zero-order chi connectivity index (χ0) is 27.1. The van der Waals surface area contributed by atoms with E-state index in [0.29, 0.717) is 22.2 Å². The number of hydrogen-bond donors (Lipinski definition) is 2. The normalized spacial score (nSPS) is 11.3. The molecule has 0 atom stereocenters. The van der Waals surface area contributed by atoms with Gasteiger partial charge in [0.2, 0.25) is 5.91 Å². The van der Waals surface area contributed by atoms with Gasteiger partial charge in [-0.3, -0.25) is 18.5 Å². The maximum atomic E-state index is 12.9. The third-order valence-corrected chi connectivity index (χ3v) is 7.74. The molecule has 9 nitrogen and oxygen atoms in total. The molecule has 0 aliphatic rings. The summed E-state index contributed by atoms with van der Waals surface area (Å²) in [4.78, 5) is 25.1. The first-order valence-electron chi connectivity index (χ1n) is 11.7. The summed E-state index contributed by atoms with van der Waals surface area (Å²) in [5.74, 6) is 0.400. The highest BCUT2D eigenvalue weighted by molar-refractivity contribution is 9.10. The number of halogens is 1. The van der Waals surface area contributed by atoms with Gasteiger partial charge in [-0.2, -0.15) is 0 Å². The standard InChI is InChI=1S/C27H25BrN6O3S/c1-15-5-8-20(16(2)11-15)34-25(19-12-17(28)6-10-23(19)35)30-31-26(34)38-14-24(36)29-18-7-9-21-22(13-18)33(4)27(37)32(21)3/h5-13,35H,14H2,1-4H3,(H,29,36). The number of nitrogens with one attached hydrogen (secondary N) is 1. The molecular formula is C27H25BrN6O3S. The van der Waals surface area contributed by atoms with Crippen LogP contribution in [0, 0.1) is 13.8 Å². The second-order valence-corrected chi connectivity index (χ2v) is 10.9. The van der Waals surface area contributed by atoms with E-state index < -0.39 is 0 Å². The largest absolute Gasteiger partial charge is 0.507 e. The number of aromatic nitrogens is 5. The summed E-state index contributed by atoms with van der Waals surface area (Å²) in [5, 5.41) is 22.8. The van der Waals surface area contributed by atoms with E-state index in [1.807, 2.05) is 36.6 Å². The first kappa shape index (κ1) is 25.8. The fourth-order valence-corrected chi connectivity index (χ4v) is 5.52. The van der Waals surface area contributed by atoms with E-state index in [2.05, 4.69) is 37.5 Å². The number of carbonyl (C=O) groups excluding carboxylic acids is 1. The van der Waals surface area contributed by atoms with Crippen molar-refractivity contribution in [2.24, 2.45) is 14.1 Å². The van der Waals surface area contributed by atoms with Crippen molar-refractivity contribution >= 4 is 50.3 Å². The number of nitrogens with zero attached hydrogens (tertiary/aromatic N) is 5. The number of benzene rings is 3. The SMILES string of the molecule is Cc1ccc(-n2c(SCC(=O)Nc3ccc4c(c3)n(C)c(=O)n4C)nnc2-c2cc(Br)ccc2O)c(C)c1. The summed E-state index contributed by atoms with van der Waals surface area (Å²) < 4.78 is 5.77. The summed E-state index contributed by atoms with van der Waals surface area (Å²) in [6.45, 7) is 4.02. The Bertz CT molecular complexity index is 1770. The Morgan fingerprint density at radius 3 is 2.53 bits per heavy atom. The van der Waals surface area contributed by atoms with E-state index in [-0.39, 0.29) is 23.1 Å². The fourth-order valence-electron chi connectivity index (χ4n) is 4.41. The van der Waals surface area contributed by atoms with E-state index in [4.69, 9.17) is 0 Å². The number of hydrogen-bond acceptors (Lipinski definition) is 6. The highest BCUT2D eigenvalue weighted by Gasteiger charge is 2.21. The molecule has 0 bridgehead atoms. The fraction of sp³-hybridized carbons (Fsp3) is 0.185. The summed E-state index contributed by atoms with van der Waals surface area (Å²) in [7, 11) is 3.42. The predicted molar refractivity (Wildman–Crippen MR) is 153 cm³/mol. The molecule has 2 N–H and O–H groups in total. The van der Waals surface area contributed by atoms with Crippen molar-refractivity contribution in [3.05, 3.63) is 80.7 Å². The second-order valence-electron chi connectivity index (χ2n) is 9.03. The van der Waals surface area contributed by atoms with Crippen LogP contribution in [0.4, 0.5) is 5.69 Å². The number of phenolic OH excluding ortho intramolecular Hbond substituents is 1. The van der Waals surface area contributed by atoms with Gasteiger partial charge in [0, 0.05) is 24.3 Å². The van der Waals surface area contributed by atoms with E-state index in [1.165, 1.54) is 11.8 Å². The average molecular weight is 594 g/mol. The van der Waals surface area contributed by atoms with Gasteiger partial charge in [-0.25, -0.2) is 4.79 Å². The summed E-state index contributed by atoms with van der Waals surface area (Å²) in [5.41, 5.74) is 5.49. The van der Waals surface area contributed by atoms with Crippen molar-refractivity contribution in [3.63, 3.8) is 0 Å². The lowest BCUT2D eigenvalue weighted by atomic mass is 10.1. The van der Waals surface area contributed by atoms with E-state index in [0.717, 1.165) is 32.3 Å². The molecule has 0 spiro atoms. The molecule has 38 heavy (non-hydrogen) atoms. The number of rotatable bonds is 6. The van der Waals surface area contributed by atoms with Crippen LogP contribution in [-0.4, -0.2) is 40.7 Å². The van der Waals surface area contributed by atoms with Gasteiger partial charge in [0.05, 0.1) is 28.0 Å². The molecular weight excluding hydrogens is 568 g/mol. The predicted octanol–water partition coefficient (Wildman–Crippen LogP) is 4.94. The van der Waals surface area contributed by atoms with Crippen LogP contribution in [-0.2, 0) is 18.9 Å². The minimum absolute atomic E-state index is 0.0756. The van der Waals surface area contributed by atoms with Crippen LogP contribution >= 0.6 is 27.7 Å². The molecule has 194 valence electrons. The van der Waals surface area contributed by atoms with Crippen molar-refractivity contribution in [3.8, 4) is 22.8 Å². The Labute approximate surface area is 231 Å². The van der Waals surface area contributed by atoms with Gasteiger partial charge in [-0.1, -0.05) is 45.4 Å². The number of amides is 1. The molecule has 0 aliphatic heterocycles. The highest BCUT2D eigenvalue weighted by Crippen LogP contribution is 2.35. The number of aryl methyl sites for hydroxylation is 4. The number of anilines is 1. The summed E-state index contributed by atoms with van der Waals surface area (Å²) >= 11 is 4.71. The molecule has 1 amide bonds. The average Bonchev–Trinajstić information content (AvgIpc) is 3.39. The molecule has 11 heteroatoms. The molecule has 2 aromatic heterocycles. The number of thioether (sulfide) groups is 1. The Kier molecular flexibility index (Phi) is 6.89. The van der Waals surface area contributed by atoms with Crippen molar-refractivity contribution in [2.45, 2.75) is 19.0 Å². The van der Waals surface area contributed by atoms with Crippen molar-refractivity contribution < 1.29 is 9.90 Å². The quantitative estimate of drug-likeness (QED) is 0.270. The number of fused-ring (bicyclic) bond motifs is 1. The highest BCUT2D eigenvalue weighted by atomic mass is 79.9. The molecule has 2 heterocycles. The van der Waals surface area contributed by atoms with Gasteiger partial charge < -0.3 is 10.4 Å². The van der Waals surface area contributed by atoms with E-state index in [9.17, 15) is 14.7 Å². The van der Waals surface area contributed by atoms with Crippen LogP contribution in [0.1, 0.15) is 11.1 Å². The topological polar surface area (TPSA) is 107 Å². The summed E-state index contributed by atoms with van der Waals surface area (Å²) in [6, 6.07) is 16.6. The first-order chi connectivity index (χ1) is 18.1. The molecule has 5 rings (SSSR count). The molecule has 0 unspecified atom stereocenters. The Balaban J connectivity index is 1.45. The van der Waals surface area contributed by atoms with Gasteiger partial charge in [-0.05, 0) is 61.9 Å². The second kappa shape index (κ2) is 10.1. The molecule has 0 saturated carbocycles. The van der Waals surface area contributed by atoms with Gasteiger partial charge in [0.1, 0.15) is 5.75 Å². The molecule has 3 aromatic carbocycles. The lowest BCUT2D eigenvalue weighted by molar-refractivity contribution is -0.113. The zero-order valence-corrected chi connectivity index (χ0v) is 23.6. The van der Waals surface area contributed by atoms with Gasteiger partial charge in [0.15, 0.2) is 11.0 Å². The monoisotopic (exact) mass is 592 g/mol. The molecule has 0 radical (unpaired) electrons. The lowest BCUT2D eigenvalue weighted by Gasteiger charge is -2.14. The van der Waals surface area contributed by atoms with Crippen LogP contribution in [0.2, 0.25) is 0 Å². The van der Waals surface area contributed by atoms with Gasteiger partial charge in [-0.15, -0.1) is 10.2 Å². The van der Waals surface area contributed by atoms with Crippen LogP contribution in [0.3, 0.4) is 0 Å². The number of carbonyl (C=O) groups is 1. The van der Waals surface area contributed by atoms with Crippen molar-refractivity contribution in [1.82, 2.24) is 23.9 Å². The smallest absolute Gasteiger partial charge is 0.328 e. The summed E-state index contributed by atoms with van der Waals surface area (Å²) in [6.07, 6.45) is 0. The molecule has 0 aliphatic carbocycles. The van der Waals surface area contributed by atoms with Crippen molar-refractivity contribution in [1.29, 1.82) is 0 Å². The third-order valence-electron chi connectivity index (χ3n) is 6.31. The van der Waals surface area contributed by atoms with Crippen molar-refractivity contribution in [2.75, 3.05) is 11.1 Å². The number of phenols is 1.